The van der Waals surface area contributed by atoms with Crippen LogP contribution < -0.4 is 0 Å². The molecule has 0 aliphatic carbocycles. The lowest BCUT2D eigenvalue weighted by Crippen LogP contribution is -2.37. The van der Waals surface area contributed by atoms with Gasteiger partial charge >= 0.3 is 12.5 Å². The highest BCUT2D eigenvalue weighted by molar-refractivity contribution is 5.76. The molecule has 0 N–H and O–H groups in total. The van der Waals surface area contributed by atoms with Crippen molar-refractivity contribution in [2.45, 2.75) is 38.9 Å². The summed E-state index contributed by atoms with van der Waals surface area (Å²) < 4.78 is 31.3. The van der Waals surface area contributed by atoms with E-state index in [0.717, 1.165) is 11.0 Å². The Morgan fingerprint density at radius 3 is 3.11 bits per heavy atom. The normalized spacial score (nSPS) is 20.1. The molecule has 2 rings (SSSR count). The fraction of sp³-hybridized carbons (Fsp3) is 0.667. The molecule has 0 saturated carbocycles. The molecule has 106 valence electrons. The third-order valence-electron chi connectivity index (χ3n) is 3.23. The molecular formula is C12H17F2N3O2. The number of carbonyl (C=O) groups excluding carboxylic acids is 1. The number of carbonyl (C=O) groups is 1. The molecule has 7 heteroatoms. The minimum Gasteiger partial charge on any atom is -0.465 e. The van der Waals surface area contributed by atoms with Crippen LogP contribution in [0.5, 0.6) is 0 Å². The lowest BCUT2D eigenvalue weighted by Gasteiger charge is -2.22. The van der Waals surface area contributed by atoms with Crippen LogP contribution in [-0.4, -0.2) is 39.6 Å². The Bertz CT molecular complexity index is 436. The van der Waals surface area contributed by atoms with E-state index >= 15 is 0 Å². The molecule has 1 unspecified atom stereocenters. The Hall–Kier alpha value is -1.50. The van der Waals surface area contributed by atoms with Crippen LogP contribution in [0.15, 0.2) is 12.4 Å². The highest BCUT2D eigenvalue weighted by Gasteiger charge is 2.32. The zero-order valence-corrected chi connectivity index (χ0v) is 10.8. The summed E-state index contributed by atoms with van der Waals surface area (Å²) in [6.07, 6.45) is 4.15. The fourth-order valence-electron chi connectivity index (χ4n) is 2.35. The van der Waals surface area contributed by atoms with Crippen molar-refractivity contribution in [3.8, 4) is 0 Å². The summed E-state index contributed by atoms with van der Waals surface area (Å²) in [5.74, 6) is -0.0126. The average molecular weight is 273 g/mol. The second-order valence-electron chi connectivity index (χ2n) is 4.41. The number of ether oxygens (including phenoxy) is 1. The van der Waals surface area contributed by atoms with Crippen molar-refractivity contribution in [1.29, 1.82) is 0 Å². The zero-order valence-electron chi connectivity index (χ0n) is 10.8. The second-order valence-corrected chi connectivity index (χ2v) is 4.41. The van der Waals surface area contributed by atoms with Gasteiger partial charge < -0.3 is 4.74 Å². The number of likely N-dealkylation sites (tertiary alicyclic amines) is 1. The van der Waals surface area contributed by atoms with Crippen molar-refractivity contribution < 1.29 is 18.3 Å². The van der Waals surface area contributed by atoms with Gasteiger partial charge in [-0.2, -0.15) is 8.78 Å². The number of hydrogen-bond acceptors (Lipinski definition) is 4. The monoisotopic (exact) mass is 273 g/mol. The van der Waals surface area contributed by atoms with Crippen LogP contribution in [0.1, 0.15) is 32.1 Å². The van der Waals surface area contributed by atoms with Crippen molar-refractivity contribution in [2.75, 3.05) is 13.2 Å². The number of nitrogens with zero attached hydrogens (tertiary/aromatic N) is 3. The molecule has 1 atom stereocenters. The molecule has 1 aromatic rings. The van der Waals surface area contributed by atoms with E-state index < -0.39 is 6.55 Å². The molecule has 1 aliphatic heterocycles. The average Bonchev–Trinajstić information content (AvgIpc) is 2.98. The highest BCUT2D eigenvalue weighted by Crippen LogP contribution is 2.22. The van der Waals surface area contributed by atoms with Gasteiger partial charge in [-0.1, -0.05) is 0 Å². The molecule has 0 spiro atoms. The van der Waals surface area contributed by atoms with Gasteiger partial charge in [0.05, 0.1) is 13.2 Å². The predicted octanol–water partition coefficient (Wildman–Crippen LogP) is 1.81. The zero-order chi connectivity index (χ0) is 13.8. The smallest absolute Gasteiger partial charge is 0.323 e. The minimum atomic E-state index is -2.61. The molecule has 0 bridgehead atoms. The van der Waals surface area contributed by atoms with E-state index in [2.05, 4.69) is 4.98 Å². The van der Waals surface area contributed by atoms with Crippen molar-refractivity contribution >= 4 is 5.97 Å². The molecule has 0 radical (unpaired) electrons. The van der Waals surface area contributed by atoms with Gasteiger partial charge in [0.2, 0.25) is 0 Å². The highest BCUT2D eigenvalue weighted by atomic mass is 19.3. The van der Waals surface area contributed by atoms with Crippen LogP contribution in [0.2, 0.25) is 0 Å². The molecule has 1 aromatic heterocycles. The Balaban J connectivity index is 2.05. The van der Waals surface area contributed by atoms with E-state index in [1.54, 1.807) is 6.92 Å². The number of alkyl halides is 2. The summed E-state index contributed by atoms with van der Waals surface area (Å²) in [7, 11) is 0. The number of rotatable bonds is 5. The fourth-order valence-corrected chi connectivity index (χ4v) is 2.35. The number of hydrogen-bond donors (Lipinski definition) is 0. The van der Waals surface area contributed by atoms with Gasteiger partial charge in [0.25, 0.3) is 0 Å². The Labute approximate surface area is 110 Å². The van der Waals surface area contributed by atoms with Crippen LogP contribution in [0.3, 0.4) is 0 Å². The van der Waals surface area contributed by atoms with Gasteiger partial charge in [0.15, 0.2) is 0 Å². The van der Waals surface area contributed by atoms with Crippen LogP contribution >= 0.6 is 0 Å². The SMILES string of the molecule is CCOC(=O)C1CCCN1Cc1nccn1C(F)F. The lowest BCUT2D eigenvalue weighted by molar-refractivity contribution is -0.148. The number of aromatic nitrogens is 2. The van der Waals surface area contributed by atoms with Gasteiger partial charge in [-0.3, -0.25) is 14.3 Å². The predicted molar refractivity (Wildman–Crippen MR) is 63.5 cm³/mol. The first-order valence-corrected chi connectivity index (χ1v) is 6.34. The van der Waals surface area contributed by atoms with E-state index in [1.807, 2.05) is 4.90 Å². The molecule has 19 heavy (non-hydrogen) atoms. The molecule has 2 heterocycles. The molecule has 1 saturated heterocycles. The van der Waals surface area contributed by atoms with Gasteiger partial charge in [0, 0.05) is 12.4 Å². The van der Waals surface area contributed by atoms with Crippen molar-refractivity contribution in [3.05, 3.63) is 18.2 Å². The molecule has 5 nitrogen and oxygen atoms in total. The summed E-state index contributed by atoms with van der Waals surface area (Å²) >= 11 is 0. The standard InChI is InChI=1S/C12H17F2N3O2/c1-2-19-11(18)9-4-3-6-16(9)8-10-15-5-7-17(10)12(13)14/h5,7,9,12H,2-4,6,8H2,1H3. The quantitative estimate of drug-likeness (QED) is 0.768. The minimum absolute atomic E-state index is 0.237. The summed E-state index contributed by atoms with van der Waals surface area (Å²) in [6.45, 7) is 0.400. The Morgan fingerprint density at radius 1 is 1.63 bits per heavy atom. The van der Waals surface area contributed by atoms with Crippen molar-refractivity contribution in [1.82, 2.24) is 14.5 Å². The van der Waals surface area contributed by atoms with E-state index in [9.17, 15) is 13.6 Å². The van der Waals surface area contributed by atoms with Crippen LogP contribution in [0.25, 0.3) is 0 Å². The first-order chi connectivity index (χ1) is 9.13. The topological polar surface area (TPSA) is 47.4 Å². The number of esters is 1. The molecule has 0 aromatic carbocycles. The Morgan fingerprint density at radius 2 is 2.42 bits per heavy atom. The summed E-state index contributed by atoms with van der Waals surface area (Å²) in [5, 5.41) is 0. The molecule has 1 fully saturated rings. The largest absolute Gasteiger partial charge is 0.465 e. The molecule has 0 amide bonds. The lowest BCUT2D eigenvalue weighted by atomic mass is 10.2. The molecular weight excluding hydrogens is 256 g/mol. The summed E-state index contributed by atoms with van der Waals surface area (Å²) in [5.41, 5.74) is 0. The van der Waals surface area contributed by atoms with Crippen molar-refractivity contribution in [2.24, 2.45) is 0 Å². The van der Waals surface area contributed by atoms with E-state index in [1.165, 1.54) is 12.4 Å². The summed E-state index contributed by atoms with van der Waals surface area (Å²) in [4.78, 5) is 17.5. The van der Waals surface area contributed by atoms with Gasteiger partial charge in [0.1, 0.15) is 11.9 Å². The van der Waals surface area contributed by atoms with E-state index in [0.29, 0.717) is 19.6 Å². The summed E-state index contributed by atoms with van der Waals surface area (Å²) in [6, 6.07) is -0.345. The molecule has 1 aliphatic rings. The third kappa shape index (κ3) is 3.09. The van der Waals surface area contributed by atoms with Crippen LogP contribution in [0.4, 0.5) is 8.78 Å². The number of imidazole rings is 1. The second kappa shape index (κ2) is 6.10. The maximum Gasteiger partial charge on any atom is 0.323 e. The first-order valence-electron chi connectivity index (χ1n) is 6.34. The third-order valence-corrected chi connectivity index (χ3v) is 3.23. The van der Waals surface area contributed by atoms with Crippen LogP contribution in [0, 0.1) is 0 Å². The van der Waals surface area contributed by atoms with Crippen LogP contribution in [-0.2, 0) is 16.1 Å². The van der Waals surface area contributed by atoms with Gasteiger partial charge in [-0.25, -0.2) is 4.98 Å². The van der Waals surface area contributed by atoms with E-state index in [4.69, 9.17) is 4.74 Å². The maximum absolute atomic E-state index is 12.7. The first kappa shape index (κ1) is 13.9. The maximum atomic E-state index is 12.7. The number of halogens is 2. The van der Waals surface area contributed by atoms with E-state index in [-0.39, 0.29) is 24.4 Å². The van der Waals surface area contributed by atoms with Gasteiger partial charge in [-0.15, -0.1) is 0 Å². The Kier molecular flexibility index (Phi) is 4.47. The van der Waals surface area contributed by atoms with Crippen molar-refractivity contribution in [3.63, 3.8) is 0 Å². The van der Waals surface area contributed by atoms with Gasteiger partial charge in [-0.05, 0) is 26.3 Å².